The molecule has 5 heteroatoms. The van der Waals surface area contributed by atoms with Gasteiger partial charge in [-0.1, -0.05) is 41.0 Å². The number of benzene rings is 1. The summed E-state index contributed by atoms with van der Waals surface area (Å²) in [7, 11) is 1.92. The van der Waals surface area contributed by atoms with Gasteiger partial charge in [0.1, 0.15) is 5.03 Å². The van der Waals surface area contributed by atoms with Crippen LogP contribution in [0.25, 0.3) is 0 Å². The van der Waals surface area contributed by atoms with Crippen molar-refractivity contribution in [2.75, 3.05) is 7.05 Å². The molecule has 0 aliphatic heterocycles. The van der Waals surface area contributed by atoms with Crippen molar-refractivity contribution in [2.24, 2.45) is 0 Å². The summed E-state index contributed by atoms with van der Waals surface area (Å²) >= 11 is 13.7. The summed E-state index contributed by atoms with van der Waals surface area (Å²) < 4.78 is 0. The van der Waals surface area contributed by atoms with Gasteiger partial charge in [-0.25, -0.2) is 4.98 Å². The average molecular weight is 313 g/mol. The topological polar surface area (TPSA) is 24.9 Å². The van der Waals surface area contributed by atoms with Crippen LogP contribution in [0.15, 0.2) is 46.5 Å². The fourth-order valence-electron chi connectivity index (χ4n) is 1.62. The number of hydrogen-bond acceptors (Lipinski definition) is 3. The van der Waals surface area contributed by atoms with E-state index in [1.165, 1.54) is 0 Å². The van der Waals surface area contributed by atoms with E-state index in [9.17, 15) is 0 Å². The van der Waals surface area contributed by atoms with Gasteiger partial charge in [-0.3, -0.25) is 0 Å². The van der Waals surface area contributed by atoms with Crippen LogP contribution in [0.2, 0.25) is 10.0 Å². The predicted molar refractivity (Wildman–Crippen MR) is 82.3 cm³/mol. The fourth-order valence-corrected chi connectivity index (χ4v) is 2.94. The van der Waals surface area contributed by atoms with Gasteiger partial charge in [0.2, 0.25) is 0 Å². The third-order valence-corrected chi connectivity index (χ3v) is 4.29. The Balaban J connectivity index is 2.18. The van der Waals surface area contributed by atoms with E-state index in [2.05, 4.69) is 23.3 Å². The lowest BCUT2D eigenvalue weighted by Gasteiger charge is -2.13. The van der Waals surface area contributed by atoms with Gasteiger partial charge in [0.05, 0.1) is 5.02 Å². The van der Waals surface area contributed by atoms with Gasteiger partial charge in [-0.05, 0) is 43.8 Å². The first-order valence-electron chi connectivity index (χ1n) is 5.86. The van der Waals surface area contributed by atoms with Crippen molar-refractivity contribution < 1.29 is 0 Å². The second-order valence-electron chi connectivity index (χ2n) is 4.11. The van der Waals surface area contributed by atoms with Crippen LogP contribution in [0, 0.1) is 0 Å². The number of rotatable bonds is 4. The molecule has 1 atom stereocenters. The number of hydrogen-bond donors (Lipinski definition) is 1. The van der Waals surface area contributed by atoms with Crippen molar-refractivity contribution in [1.29, 1.82) is 0 Å². The van der Waals surface area contributed by atoms with Gasteiger partial charge in [-0.2, -0.15) is 0 Å². The minimum absolute atomic E-state index is 0.236. The lowest BCUT2D eigenvalue weighted by Crippen LogP contribution is -2.12. The highest BCUT2D eigenvalue weighted by Gasteiger charge is 2.09. The number of pyridine rings is 1. The SMILES string of the molecule is CNC(C)c1ccc(Sc2ccc(Cl)cn2)cc1Cl. The summed E-state index contributed by atoms with van der Waals surface area (Å²) in [6, 6.07) is 10.0. The highest BCUT2D eigenvalue weighted by atomic mass is 35.5. The molecule has 1 aromatic heterocycles. The zero-order valence-corrected chi connectivity index (χ0v) is 13.0. The first-order chi connectivity index (χ1) is 9.10. The molecule has 2 nitrogen and oxygen atoms in total. The summed E-state index contributed by atoms with van der Waals surface area (Å²) in [5.74, 6) is 0. The third-order valence-electron chi connectivity index (χ3n) is 2.79. The minimum atomic E-state index is 0.236. The van der Waals surface area contributed by atoms with Gasteiger partial charge in [-0.15, -0.1) is 0 Å². The van der Waals surface area contributed by atoms with E-state index in [4.69, 9.17) is 23.2 Å². The molecule has 0 spiro atoms. The van der Waals surface area contributed by atoms with E-state index in [1.807, 2.05) is 31.3 Å². The van der Waals surface area contributed by atoms with E-state index < -0.39 is 0 Å². The van der Waals surface area contributed by atoms with Crippen LogP contribution in [0.1, 0.15) is 18.5 Å². The Labute approximate surface area is 127 Å². The Hall–Kier alpha value is -0.740. The van der Waals surface area contributed by atoms with Crippen molar-refractivity contribution in [3.63, 3.8) is 0 Å². The molecule has 2 rings (SSSR count). The number of nitrogens with one attached hydrogen (secondary N) is 1. The van der Waals surface area contributed by atoms with Crippen molar-refractivity contribution in [3.05, 3.63) is 52.1 Å². The Bertz CT molecular complexity index is 558. The third kappa shape index (κ3) is 3.86. The maximum absolute atomic E-state index is 6.30. The number of aromatic nitrogens is 1. The second-order valence-corrected chi connectivity index (χ2v) is 6.05. The fraction of sp³-hybridized carbons (Fsp3) is 0.214. The van der Waals surface area contributed by atoms with E-state index in [1.54, 1.807) is 18.0 Å². The molecular weight excluding hydrogens is 299 g/mol. The molecule has 2 aromatic rings. The molecule has 1 heterocycles. The molecule has 0 bridgehead atoms. The summed E-state index contributed by atoms with van der Waals surface area (Å²) in [5.41, 5.74) is 1.09. The standard InChI is InChI=1S/C14H14Cl2N2S/c1-9(17-2)12-5-4-11(7-13(12)16)19-14-6-3-10(15)8-18-14/h3-9,17H,1-2H3. The zero-order valence-electron chi connectivity index (χ0n) is 10.7. The normalized spacial score (nSPS) is 12.4. The first kappa shape index (κ1) is 14.7. The monoisotopic (exact) mass is 312 g/mol. The molecule has 100 valence electrons. The van der Waals surface area contributed by atoms with Crippen LogP contribution in [0.5, 0.6) is 0 Å². The van der Waals surface area contributed by atoms with Crippen LogP contribution >= 0.6 is 35.0 Å². The van der Waals surface area contributed by atoms with Crippen molar-refractivity contribution in [2.45, 2.75) is 22.9 Å². The molecule has 1 unspecified atom stereocenters. The largest absolute Gasteiger partial charge is 0.313 e. The highest BCUT2D eigenvalue weighted by Crippen LogP contribution is 2.32. The van der Waals surface area contributed by atoms with Crippen molar-refractivity contribution in [3.8, 4) is 0 Å². The van der Waals surface area contributed by atoms with Gasteiger partial charge < -0.3 is 5.32 Å². The van der Waals surface area contributed by atoms with Crippen molar-refractivity contribution >= 4 is 35.0 Å². The smallest absolute Gasteiger partial charge is 0.101 e. The van der Waals surface area contributed by atoms with Crippen LogP contribution < -0.4 is 5.32 Å². The Morgan fingerprint density at radius 2 is 2.00 bits per heavy atom. The van der Waals surface area contributed by atoms with Crippen LogP contribution in [0.3, 0.4) is 0 Å². The Morgan fingerprint density at radius 3 is 2.58 bits per heavy atom. The van der Waals surface area contributed by atoms with Crippen LogP contribution in [-0.4, -0.2) is 12.0 Å². The quantitative estimate of drug-likeness (QED) is 0.876. The molecule has 0 amide bonds. The van der Waals surface area contributed by atoms with E-state index in [0.717, 1.165) is 20.5 Å². The molecule has 0 saturated heterocycles. The lowest BCUT2D eigenvalue weighted by molar-refractivity contribution is 0.652. The number of halogens is 2. The molecular formula is C14H14Cl2N2S. The predicted octanol–water partition coefficient (Wildman–Crippen LogP) is 4.82. The van der Waals surface area contributed by atoms with E-state index >= 15 is 0 Å². The molecule has 1 aromatic carbocycles. The zero-order chi connectivity index (χ0) is 13.8. The van der Waals surface area contributed by atoms with Gasteiger partial charge in [0, 0.05) is 22.2 Å². The van der Waals surface area contributed by atoms with Gasteiger partial charge in [0.25, 0.3) is 0 Å². The summed E-state index contributed by atoms with van der Waals surface area (Å²) in [4.78, 5) is 5.31. The molecule has 0 aliphatic carbocycles. The second kappa shape index (κ2) is 6.62. The molecule has 1 N–H and O–H groups in total. The average Bonchev–Trinajstić information content (AvgIpc) is 2.41. The van der Waals surface area contributed by atoms with Crippen LogP contribution in [0.4, 0.5) is 0 Å². The van der Waals surface area contributed by atoms with E-state index in [0.29, 0.717) is 5.02 Å². The first-order valence-corrected chi connectivity index (χ1v) is 7.43. The van der Waals surface area contributed by atoms with Crippen molar-refractivity contribution in [1.82, 2.24) is 10.3 Å². The summed E-state index contributed by atoms with van der Waals surface area (Å²) in [6.07, 6.45) is 1.64. The van der Waals surface area contributed by atoms with E-state index in [-0.39, 0.29) is 6.04 Å². The molecule has 0 radical (unpaired) electrons. The lowest BCUT2D eigenvalue weighted by atomic mass is 10.1. The van der Waals surface area contributed by atoms with Gasteiger partial charge in [0.15, 0.2) is 0 Å². The number of nitrogens with zero attached hydrogens (tertiary/aromatic N) is 1. The summed E-state index contributed by atoms with van der Waals surface area (Å²) in [5, 5.41) is 5.48. The molecule has 0 saturated carbocycles. The van der Waals surface area contributed by atoms with Crippen LogP contribution in [-0.2, 0) is 0 Å². The Kier molecular flexibility index (Phi) is 5.11. The highest BCUT2D eigenvalue weighted by molar-refractivity contribution is 7.99. The maximum atomic E-state index is 6.30. The summed E-state index contributed by atoms with van der Waals surface area (Å²) in [6.45, 7) is 2.08. The molecule has 0 fully saturated rings. The molecule has 19 heavy (non-hydrogen) atoms. The maximum Gasteiger partial charge on any atom is 0.101 e. The Morgan fingerprint density at radius 1 is 1.21 bits per heavy atom. The molecule has 0 aliphatic rings. The minimum Gasteiger partial charge on any atom is -0.313 e. The van der Waals surface area contributed by atoms with Gasteiger partial charge >= 0.3 is 0 Å².